The summed E-state index contributed by atoms with van der Waals surface area (Å²) in [6.45, 7) is 4.60. The summed E-state index contributed by atoms with van der Waals surface area (Å²) >= 11 is 1.87. The van der Waals surface area contributed by atoms with Gasteiger partial charge >= 0.3 is 0 Å². The second-order valence-electron chi connectivity index (χ2n) is 4.73. The van der Waals surface area contributed by atoms with Gasteiger partial charge in [0, 0.05) is 17.3 Å². The summed E-state index contributed by atoms with van der Waals surface area (Å²) in [6, 6.07) is 4.38. The highest BCUT2D eigenvalue weighted by atomic mass is 32.1. The van der Waals surface area contributed by atoms with Crippen molar-refractivity contribution in [2.75, 3.05) is 13.1 Å². The molecule has 2 unspecified atom stereocenters. The van der Waals surface area contributed by atoms with Crippen molar-refractivity contribution in [1.82, 2.24) is 5.32 Å². The third kappa shape index (κ3) is 3.46. The van der Waals surface area contributed by atoms with E-state index in [1.165, 1.54) is 30.7 Å². The Hall–Kier alpha value is -0.600. The third-order valence-corrected chi connectivity index (χ3v) is 4.39. The first-order valence-electron chi connectivity index (χ1n) is 6.25. The molecule has 16 heavy (non-hydrogen) atoms. The average Bonchev–Trinajstić information content (AvgIpc) is 2.84. The van der Waals surface area contributed by atoms with Crippen molar-refractivity contribution in [1.29, 1.82) is 0 Å². The molecule has 0 saturated carbocycles. The lowest BCUT2D eigenvalue weighted by molar-refractivity contribution is 0.435. The van der Waals surface area contributed by atoms with Gasteiger partial charge in [0.2, 0.25) is 0 Å². The average molecular weight is 235 g/mol. The molecular weight excluding hydrogens is 214 g/mol. The van der Waals surface area contributed by atoms with E-state index < -0.39 is 0 Å². The van der Waals surface area contributed by atoms with Crippen molar-refractivity contribution < 1.29 is 0 Å². The monoisotopic (exact) mass is 235 g/mol. The van der Waals surface area contributed by atoms with Crippen molar-refractivity contribution in [2.24, 2.45) is 5.92 Å². The first-order chi connectivity index (χ1) is 7.86. The summed E-state index contributed by atoms with van der Waals surface area (Å²) in [5.41, 5.74) is 0. The van der Waals surface area contributed by atoms with E-state index in [-0.39, 0.29) is 0 Å². The number of nitrogens with one attached hydrogen (secondary N) is 1. The lowest BCUT2D eigenvalue weighted by Crippen LogP contribution is -2.26. The number of hydrogen-bond acceptors (Lipinski definition) is 2. The normalized spacial score (nSPS) is 22.2. The van der Waals surface area contributed by atoms with Crippen LogP contribution in [0.3, 0.4) is 0 Å². The molecule has 1 N–H and O–H groups in total. The van der Waals surface area contributed by atoms with Gasteiger partial charge in [-0.3, -0.25) is 0 Å². The van der Waals surface area contributed by atoms with Crippen molar-refractivity contribution in [3.05, 3.63) is 34.5 Å². The van der Waals surface area contributed by atoms with Gasteiger partial charge in [0.05, 0.1) is 0 Å². The summed E-state index contributed by atoms with van der Waals surface area (Å²) in [7, 11) is 0. The summed E-state index contributed by atoms with van der Waals surface area (Å²) in [5.74, 6) is 1.51. The van der Waals surface area contributed by atoms with E-state index >= 15 is 0 Å². The molecular formula is C14H21NS. The van der Waals surface area contributed by atoms with Crippen LogP contribution in [0.5, 0.6) is 0 Å². The van der Waals surface area contributed by atoms with Crippen LogP contribution in [0.2, 0.25) is 0 Å². The minimum absolute atomic E-state index is 0.652. The molecule has 0 bridgehead atoms. The van der Waals surface area contributed by atoms with Gasteiger partial charge in [0.1, 0.15) is 0 Å². The van der Waals surface area contributed by atoms with E-state index in [1.807, 2.05) is 11.3 Å². The van der Waals surface area contributed by atoms with Gasteiger partial charge in [-0.15, -0.1) is 11.3 Å². The molecule has 0 spiro atoms. The maximum atomic E-state index is 3.62. The van der Waals surface area contributed by atoms with E-state index in [2.05, 4.69) is 41.9 Å². The van der Waals surface area contributed by atoms with Crippen LogP contribution in [-0.4, -0.2) is 13.1 Å². The molecule has 1 aliphatic carbocycles. The number of rotatable bonds is 5. The minimum Gasteiger partial charge on any atom is -0.316 e. The molecule has 0 aromatic carbocycles. The maximum absolute atomic E-state index is 3.62. The Kier molecular flexibility index (Phi) is 4.61. The maximum Gasteiger partial charge on any atom is 0.00860 e. The Bertz CT molecular complexity index is 315. The minimum atomic E-state index is 0.652. The zero-order valence-corrected chi connectivity index (χ0v) is 10.8. The molecule has 1 aliphatic rings. The van der Waals surface area contributed by atoms with Crippen molar-refractivity contribution >= 4 is 11.3 Å². The second kappa shape index (κ2) is 6.21. The molecule has 0 amide bonds. The first-order valence-corrected chi connectivity index (χ1v) is 7.13. The van der Waals surface area contributed by atoms with Crippen LogP contribution in [0.4, 0.5) is 0 Å². The molecule has 2 rings (SSSR count). The van der Waals surface area contributed by atoms with Gasteiger partial charge < -0.3 is 5.32 Å². The van der Waals surface area contributed by atoms with Crippen molar-refractivity contribution in [2.45, 2.75) is 32.1 Å². The highest BCUT2D eigenvalue weighted by Crippen LogP contribution is 2.20. The fourth-order valence-electron chi connectivity index (χ4n) is 2.22. The molecule has 1 aromatic rings. The molecule has 0 radical (unpaired) electrons. The number of allylic oxidation sites excluding steroid dienone is 2. The van der Waals surface area contributed by atoms with Crippen LogP contribution in [0.15, 0.2) is 29.7 Å². The standard InChI is InChI=1S/C14H21NS/c1-12(14-8-5-9-16-14)10-15-11-13-6-3-2-4-7-13/h2-3,5,8-9,12-13,15H,4,6-7,10-11H2,1H3. The molecule has 1 nitrogen and oxygen atoms in total. The van der Waals surface area contributed by atoms with E-state index in [0.29, 0.717) is 5.92 Å². The Morgan fingerprint density at radius 3 is 3.12 bits per heavy atom. The Balaban J connectivity index is 1.66. The zero-order chi connectivity index (χ0) is 11.2. The van der Waals surface area contributed by atoms with Crippen LogP contribution in [0, 0.1) is 5.92 Å². The van der Waals surface area contributed by atoms with Crippen molar-refractivity contribution in [3.63, 3.8) is 0 Å². The fraction of sp³-hybridized carbons (Fsp3) is 0.571. The zero-order valence-electron chi connectivity index (χ0n) is 9.99. The van der Waals surface area contributed by atoms with Crippen molar-refractivity contribution in [3.8, 4) is 0 Å². The van der Waals surface area contributed by atoms with E-state index in [0.717, 1.165) is 12.5 Å². The van der Waals surface area contributed by atoms with Gasteiger partial charge in [0.15, 0.2) is 0 Å². The molecule has 0 saturated heterocycles. The van der Waals surface area contributed by atoms with Gasteiger partial charge in [-0.1, -0.05) is 25.1 Å². The Labute approximate surface area is 103 Å². The van der Waals surface area contributed by atoms with E-state index in [4.69, 9.17) is 0 Å². The summed E-state index contributed by atoms with van der Waals surface area (Å²) in [5, 5.41) is 5.78. The summed E-state index contributed by atoms with van der Waals surface area (Å²) < 4.78 is 0. The predicted molar refractivity (Wildman–Crippen MR) is 72.1 cm³/mol. The van der Waals surface area contributed by atoms with Crippen LogP contribution in [0.1, 0.15) is 37.0 Å². The van der Waals surface area contributed by atoms with E-state index in [1.54, 1.807) is 0 Å². The Morgan fingerprint density at radius 2 is 2.44 bits per heavy atom. The van der Waals surface area contributed by atoms with Gasteiger partial charge in [-0.25, -0.2) is 0 Å². The fourth-order valence-corrected chi connectivity index (χ4v) is 3.00. The molecule has 0 aliphatic heterocycles. The molecule has 0 fully saturated rings. The summed E-state index contributed by atoms with van der Waals surface area (Å²) in [4.78, 5) is 1.50. The second-order valence-corrected chi connectivity index (χ2v) is 5.70. The van der Waals surface area contributed by atoms with Gasteiger partial charge in [-0.2, -0.15) is 0 Å². The van der Waals surface area contributed by atoms with E-state index in [9.17, 15) is 0 Å². The van der Waals surface area contributed by atoms with Crippen LogP contribution in [0.25, 0.3) is 0 Å². The third-order valence-electron chi connectivity index (χ3n) is 3.29. The molecule has 2 heteroatoms. The van der Waals surface area contributed by atoms with Crippen LogP contribution < -0.4 is 5.32 Å². The number of hydrogen-bond donors (Lipinski definition) is 1. The highest BCUT2D eigenvalue weighted by molar-refractivity contribution is 7.10. The van der Waals surface area contributed by atoms with Crippen LogP contribution in [-0.2, 0) is 0 Å². The lowest BCUT2D eigenvalue weighted by Gasteiger charge is -2.19. The molecule has 1 heterocycles. The number of thiophene rings is 1. The molecule has 88 valence electrons. The first kappa shape index (κ1) is 11.9. The molecule has 2 atom stereocenters. The predicted octanol–water partition coefficient (Wildman–Crippen LogP) is 3.80. The Morgan fingerprint density at radius 1 is 1.50 bits per heavy atom. The highest BCUT2D eigenvalue weighted by Gasteiger charge is 2.10. The largest absolute Gasteiger partial charge is 0.316 e. The molecule has 1 aromatic heterocycles. The van der Waals surface area contributed by atoms with Gasteiger partial charge in [-0.05, 0) is 43.2 Å². The van der Waals surface area contributed by atoms with Gasteiger partial charge in [0.25, 0.3) is 0 Å². The smallest absolute Gasteiger partial charge is 0.00860 e. The topological polar surface area (TPSA) is 12.0 Å². The summed E-state index contributed by atoms with van der Waals surface area (Å²) in [6.07, 6.45) is 8.54. The SMILES string of the molecule is CC(CNCC1CC=CCC1)c1cccs1. The van der Waals surface area contributed by atoms with Crippen LogP contribution >= 0.6 is 11.3 Å². The quantitative estimate of drug-likeness (QED) is 0.766. The lowest BCUT2D eigenvalue weighted by atomic mass is 9.94.